The van der Waals surface area contributed by atoms with Gasteiger partial charge in [-0.3, -0.25) is 0 Å². The number of hydrogen-bond acceptors (Lipinski definition) is 2. The van der Waals surface area contributed by atoms with E-state index in [0.29, 0.717) is 0 Å². The monoisotopic (exact) mass is 152 g/mol. The summed E-state index contributed by atoms with van der Waals surface area (Å²) in [5.74, 6) is 0. The summed E-state index contributed by atoms with van der Waals surface area (Å²) < 4.78 is 22.0. The molecule has 0 rings (SSSR count). The Balaban J connectivity index is 0. The van der Waals surface area contributed by atoms with Crippen LogP contribution in [0.3, 0.4) is 0 Å². The van der Waals surface area contributed by atoms with E-state index >= 15 is 0 Å². The second kappa shape index (κ2) is 7.24. The Labute approximate surface area is 57.0 Å². The van der Waals surface area contributed by atoms with Gasteiger partial charge in [-0.2, -0.15) is 0 Å². The van der Waals surface area contributed by atoms with Crippen LogP contribution in [0.4, 0.5) is 0 Å². The minimum atomic E-state index is -3.23. The molecule has 0 saturated carbocycles. The van der Waals surface area contributed by atoms with Crippen LogP contribution < -0.4 is 0 Å². The van der Waals surface area contributed by atoms with Crippen LogP contribution in [0.2, 0.25) is 0 Å². The third-order valence-corrected chi connectivity index (χ3v) is 0.971. The molecule has 46 valence electrons. The summed E-state index contributed by atoms with van der Waals surface area (Å²) in [4.78, 5) is 0. The second-order valence-corrected chi connectivity index (χ2v) is 2.15. The summed E-state index contributed by atoms with van der Waals surface area (Å²) in [6.45, 7) is 3.46. The van der Waals surface area contributed by atoms with Crippen molar-refractivity contribution in [1.82, 2.24) is 0 Å². The average Bonchev–Trinajstić information content (AvgIpc) is 1.61. The van der Waals surface area contributed by atoms with Crippen molar-refractivity contribution in [3.63, 3.8) is 0 Å². The van der Waals surface area contributed by atoms with Gasteiger partial charge >= 0.3 is 48.2 Å². The molecule has 0 atom stereocenters. The van der Waals surface area contributed by atoms with Gasteiger partial charge in [0.05, 0.1) is 8.41 Å². The first-order chi connectivity index (χ1) is 3.27. The summed E-state index contributed by atoms with van der Waals surface area (Å²) in [5.41, 5.74) is 0. The van der Waals surface area contributed by atoms with Crippen LogP contribution in [0.15, 0.2) is 12.7 Å². The Morgan fingerprint density at radius 3 is 2.50 bits per heavy atom. The second-order valence-electron chi connectivity index (χ2n) is 0.866. The van der Waals surface area contributed by atoms with Gasteiger partial charge in [0.1, 0.15) is 0 Å². The van der Waals surface area contributed by atoms with E-state index in [4.69, 9.17) is 3.69 Å². The maximum atomic E-state index is 9.74. The average molecular weight is 152 g/mol. The molecule has 0 unspecified atom stereocenters. The van der Waals surface area contributed by atoms with Crippen LogP contribution >= 0.6 is 0 Å². The third-order valence-electron chi connectivity index (χ3n) is 0.325. The first-order valence-electron chi connectivity index (χ1n) is 1.74. The molecule has 0 aromatic rings. The Morgan fingerprint density at radius 2 is 2.38 bits per heavy atom. The molecule has 0 aliphatic heterocycles. The van der Waals surface area contributed by atoms with Gasteiger partial charge in [-0.15, -0.1) is 0 Å². The zero-order valence-electron chi connectivity index (χ0n) is 3.76. The molecule has 0 saturated heterocycles. The van der Waals surface area contributed by atoms with Gasteiger partial charge in [0.2, 0.25) is 0 Å². The third kappa shape index (κ3) is 9.53. The van der Waals surface area contributed by atoms with Gasteiger partial charge in [0.25, 0.3) is 0 Å². The van der Waals surface area contributed by atoms with Crippen molar-refractivity contribution in [3.05, 3.63) is 12.7 Å². The first-order valence-corrected chi connectivity index (χ1v) is 3.71. The van der Waals surface area contributed by atoms with E-state index in [1.807, 2.05) is 0 Å². The van der Waals surface area contributed by atoms with Gasteiger partial charge in [0, 0.05) is 0 Å². The Morgan fingerprint density at radius 1 is 1.88 bits per heavy atom. The van der Waals surface area contributed by atoms with E-state index in [1.165, 1.54) is 6.08 Å². The topological polar surface area (TPSA) is 46.5 Å². The molecule has 0 aromatic heterocycles. The summed E-state index contributed by atoms with van der Waals surface area (Å²) in [6, 6.07) is 0. The van der Waals surface area contributed by atoms with Gasteiger partial charge in [-0.1, -0.05) is 0 Å². The fourth-order valence-electron chi connectivity index (χ4n) is 0.130. The molecule has 0 aliphatic carbocycles. The van der Waals surface area contributed by atoms with E-state index < -0.39 is 18.6 Å². The molecule has 0 heterocycles. The van der Waals surface area contributed by atoms with Crippen LogP contribution in [0.1, 0.15) is 0 Å². The Bertz CT molecular complexity index is 84.6. The van der Waals surface area contributed by atoms with E-state index in [-0.39, 0.29) is 15.0 Å². The van der Waals surface area contributed by atoms with Gasteiger partial charge in [0.15, 0.2) is 0 Å². The van der Waals surface area contributed by atoms with Crippen LogP contribution in [0.25, 0.3) is 0 Å². The van der Waals surface area contributed by atoms with Crippen molar-refractivity contribution < 1.29 is 28.9 Å². The van der Waals surface area contributed by atoms with Gasteiger partial charge in [-0.05, 0) is 0 Å². The van der Waals surface area contributed by atoms with Crippen LogP contribution in [0, 0.1) is 0 Å². The minimum absolute atomic E-state index is 0. The van der Waals surface area contributed by atoms with E-state index in [0.717, 1.165) is 0 Å². The van der Waals surface area contributed by atoms with E-state index in [9.17, 15) is 3.32 Å². The van der Waals surface area contributed by atoms with Crippen molar-refractivity contribution in [1.29, 1.82) is 0 Å². The van der Waals surface area contributed by atoms with Crippen LogP contribution in [-0.2, 0) is 25.3 Å². The first kappa shape index (κ1) is 11.1. The summed E-state index contributed by atoms with van der Waals surface area (Å²) >= 11 is -3.23. The Hall–Kier alpha value is 0.239. The summed E-state index contributed by atoms with van der Waals surface area (Å²) in [5, 5.41) is 0. The standard InChI is InChI=1S/C3H5O.BH3.H2O.O.Ti/c1-2-3-4;;;;/h2H,1,3H2;1H3;1H2;;/q-1;;;;+2/p-1. The number of hydrogen-bond donors (Lipinski definition) is 1. The van der Waals surface area contributed by atoms with E-state index in [2.05, 4.69) is 9.90 Å². The predicted molar refractivity (Wildman–Crippen MR) is 29.0 cm³/mol. The molecular weight excluding hydrogens is 143 g/mol. The summed E-state index contributed by atoms with van der Waals surface area (Å²) in [7, 11) is 0. The van der Waals surface area contributed by atoms with Gasteiger partial charge in [-0.25, -0.2) is 0 Å². The van der Waals surface area contributed by atoms with Crippen molar-refractivity contribution in [2.24, 2.45) is 0 Å². The molecule has 0 bridgehead atoms. The fourth-order valence-corrected chi connectivity index (χ4v) is 0.537. The normalized spacial score (nSPS) is 7.12. The van der Waals surface area contributed by atoms with Gasteiger partial charge < -0.3 is 0 Å². The number of rotatable bonds is 3. The molecule has 0 aliphatic rings. The molecule has 0 radical (unpaired) electrons. The molecule has 0 aromatic carbocycles. The van der Waals surface area contributed by atoms with Crippen molar-refractivity contribution in [2.45, 2.75) is 0 Å². The fraction of sp³-hybridized carbons (Fsp3) is 0.333. The van der Waals surface area contributed by atoms with Crippen LogP contribution in [0.5, 0.6) is 0 Å². The molecule has 5 heteroatoms. The predicted octanol–water partition coefficient (Wildman–Crippen LogP) is -1.21. The zero-order valence-corrected chi connectivity index (χ0v) is 5.32. The van der Waals surface area contributed by atoms with Crippen molar-refractivity contribution >= 4 is 8.41 Å². The molecule has 8 heavy (non-hydrogen) atoms. The molecule has 0 amide bonds. The molecular formula is C3H9BO3Ti. The summed E-state index contributed by atoms with van der Waals surface area (Å²) in [6.07, 6.45) is 1.43. The molecule has 1 N–H and O–H groups in total. The van der Waals surface area contributed by atoms with E-state index in [1.54, 1.807) is 0 Å². The van der Waals surface area contributed by atoms with Crippen molar-refractivity contribution in [3.8, 4) is 0 Å². The molecule has 0 fully saturated rings. The maximum absolute atomic E-state index is 9.74. The van der Waals surface area contributed by atoms with Crippen LogP contribution in [-0.4, -0.2) is 18.7 Å². The SMILES string of the molecule is B.C=CC[O][Ti](=[O])[OH]. The zero-order chi connectivity index (χ0) is 5.70. The molecule has 3 nitrogen and oxygen atoms in total. The van der Waals surface area contributed by atoms with Crippen molar-refractivity contribution in [2.75, 3.05) is 6.61 Å². The quantitative estimate of drug-likeness (QED) is 0.407. The molecule has 0 spiro atoms. The Kier molecular flexibility index (Phi) is 10.0.